The molecule has 4 nitrogen and oxygen atoms in total. The van der Waals surface area contributed by atoms with Crippen LogP contribution in [0, 0.1) is 0 Å². The van der Waals surface area contributed by atoms with E-state index >= 15 is 0 Å². The van der Waals surface area contributed by atoms with Crippen LogP contribution in [0.1, 0.15) is 46.0 Å². The Hall–Kier alpha value is -1.06. The van der Waals surface area contributed by atoms with Crippen molar-refractivity contribution in [3.05, 3.63) is 0 Å². The maximum Gasteiger partial charge on any atom is 0.219 e. The van der Waals surface area contributed by atoms with Gasteiger partial charge in [0.25, 0.3) is 0 Å². The van der Waals surface area contributed by atoms with Crippen molar-refractivity contribution < 1.29 is 9.59 Å². The molecule has 4 heteroatoms. The van der Waals surface area contributed by atoms with Crippen LogP contribution < -0.4 is 0 Å². The van der Waals surface area contributed by atoms with Crippen molar-refractivity contribution in [2.24, 2.45) is 0 Å². The number of carbonyl (C=O) groups is 2. The van der Waals surface area contributed by atoms with Crippen LogP contribution >= 0.6 is 0 Å². The van der Waals surface area contributed by atoms with Crippen molar-refractivity contribution >= 4 is 11.8 Å². The van der Waals surface area contributed by atoms with Gasteiger partial charge in [-0.1, -0.05) is 0 Å². The van der Waals surface area contributed by atoms with Gasteiger partial charge in [0.2, 0.25) is 11.8 Å². The molecule has 0 atom stereocenters. The Balaban J connectivity index is 0.000000171. The standard InChI is InChI=1S/C7H13NO.C6H11NO/c1-7(9)8-5-3-2-4-6-8;1-6(8)7-4-2-3-5-7/h2-6H2,1H3;2-5H2,1H3. The third-order valence-electron chi connectivity index (χ3n) is 3.35. The first kappa shape index (κ1) is 14.0. The summed E-state index contributed by atoms with van der Waals surface area (Å²) in [5, 5.41) is 0. The number of likely N-dealkylation sites (tertiary alicyclic amines) is 2. The lowest BCUT2D eigenvalue weighted by Gasteiger charge is -2.24. The van der Waals surface area contributed by atoms with E-state index < -0.39 is 0 Å². The van der Waals surface area contributed by atoms with Crippen LogP contribution in [0.2, 0.25) is 0 Å². The highest BCUT2D eigenvalue weighted by molar-refractivity contribution is 5.73. The molecule has 0 aromatic carbocycles. The van der Waals surface area contributed by atoms with E-state index in [4.69, 9.17) is 0 Å². The van der Waals surface area contributed by atoms with E-state index in [-0.39, 0.29) is 11.8 Å². The van der Waals surface area contributed by atoms with Crippen molar-refractivity contribution in [3.8, 4) is 0 Å². The zero-order valence-corrected chi connectivity index (χ0v) is 11.1. The number of piperidine rings is 1. The van der Waals surface area contributed by atoms with Gasteiger partial charge in [0.1, 0.15) is 0 Å². The molecule has 0 aromatic rings. The second-order valence-corrected chi connectivity index (χ2v) is 4.78. The summed E-state index contributed by atoms with van der Waals surface area (Å²) in [5.41, 5.74) is 0. The van der Waals surface area contributed by atoms with Crippen molar-refractivity contribution in [2.75, 3.05) is 26.2 Å². The van der Waals surface area contributed by atoms with Crippen LogP contribution in [0.3, 0.4) is 0 Å². The molecule has 0 bridgehead atoms. The maximum absolute atomic E-state index is 10.7. The summed E-state index contributed by atoms with van der Waals surface area (Å²) in [6.07, 6.45) is 6.07. The molecule has 0 N–H and O–H groups in total. The smallest absolute Gasteiger partial charge is 0.219 e. The lowest BCUT2D eigenvalue weighted by molar-refractivity contribution is -0.129. The summed E-state index contributed by atoms with van der Waals surface area (Å²) in [4.78, 5) is 25.1. The van der Waals surface area contributed by atoms with Crippen LogP contribution in [0.25, 0.3) is 0 Å². The van der Waals surface area contributed by atoms with Gasteiger partial charge < -0.3 is 9.80 Å². The molecule has 0 aromatic heterocycles. The summed E-state index contributed by atoms with van der Waals surface area (Å²) in [5.74, 6) is 0.456. The second-order valence-electron chi connectivity index (χ2n) is 4.78. The maximum atomic E-state index is 10.7. The average Bonchev–Trinajstić information content (AvgIpc) is 2.84. The fourth-order valence-electron chi connectivity index (χ4n) is 2.24. The monoisotopic (exact) mass is 240 g/mol. The molecule has 2 aliphatic heterocycles. The average molecular weight is 240 g/mol. The van der Waals surface area contributed by atoms with E-state index in [2.05, 4.69) is 0 Å². The molecule has 2 heterocycles. The topological polar surface area (TPSA) is 40.6 Å². The summed E-state index contributed by atoms with van der Waals surface area (Å²) in [7, 11) is 0. The zero-order valence-electron chi connectivity index (χ0n) is 11.1. The van der Waals surface area contributed by atoms with Gasteiger partial charge in [0.15, 0.2) is 0 Å². The number of hydrogen-bond donors (Lipinski definition) is 0. The number of nitrogens with zero attached hydrogens (tertiary/aromatic N) is 2. The Kier molecular flexibility index (Phi) is 6.01. The molecular formula is C13H24N2O2. The molecule has 0 unspecified atom stereocenters. The first-order valence-corrected chi connectivity index (χ1v) is 6.62. The summed E-state index contributed by atoms with van der Waals surface area (Å²) >= 11 is 0. The van der Waals surface area contributed by atoms with Crippen LogP contribution in [0.15, 0.2) is 0 Å². The van der Waals surface area contributed by atoms with Gasteiger partial charge >= 0.3 is 0 Å². The van der Waals surface area contributed by atoms with Gasteiger partial charge in [0.05, 0.1) is 0 Å². The van der Waals surface area contributed by atoms with Gasteiger partial charge in [-0.3, -0.25) is 9.59 Å². The quantitative estimate of drug-likeness (QED) is 0.646. The SMILES string of the molecule is CC(=O)N1CCCC1.CC(=O)N1CCCCC1. The second kappa shape index (κ2) is 7.30. The minimum Gasteiger partial charge on any atom is -0.343 e. The molecule has 2 fully saturated rings. The molecule has 2 rings (SSSR count). The Morgan fingerprint density at radius 1 is 0.647 bits per heavy atom. The van der Waals surface area contributed by atoms with E-state index in [0.29, 0.717) is 0 Å². The molecule has 0 spiro atoms. The predicted octanol–water partition coefficient (Wildman–Crippen LogP) is 1.65. The minimum atomic E-state index is 0.225. The number of carbonyl (C=O) groups excluding carboxylic acids is 2. The fourth-order valence-corrected chi connectivity index (χ4v) is 2.24. The Labute approximate surface area is 104 Å². The molecule has 17 heavy (non-hydrogen) atoms. The van der Waals surface area contributed by atoms with Crippen LogP contribution in [-0.2, 0) is 9.59 Å². The van der Waals surface area contributed by atoms with E-state index in [1.165, 1.54) is 32.1 Å². The first-order valence-electron chi connectivity index (χ1n) is 6.62. The van der Waals surface area contributed by atoms with Crippen molar-refractivity contribution in [2.45, 2.75) is 46.0 Å². The van der Waals surface area contributed by atoms with E-state index in [1.807, 2.05) is 9.80 Å². The van der Waals surface area contributed by atoms with E-state index in [9.17, 15) is 9.59 Å². The van der Waals surface area contributed by atoms with Crippen molar-refractivity contribution in [1.29, 1.82) is 0 Å². The molecule has 2 saturated heterocycles. The molecule has 0 aliphatic carbocycles. The highest BCUT2D eigenvalue weighted by atomic mass is 16.2. The molecular weight excluding hydrogens is 216 g/mol. The Morgan fingerprint density at radius 3 is 1.18 bits per heavy atom. The molecule has 98 valence electrons. The third-order valence-corrected chi connectivity index (χ3v) is 3.35. The normalized spacial score (nSPS) is 19.6. The van der Waals surface area contributed by atoms with Gasteiger partial charge in [-0.2, -0.15) is 0 Å². The summed E-state index contributed by atoms with van der Waals surface area (Å²) < 4.78 is 0. The predicted molar refractivity (Wildman–Crippen MR) is 67.6 cm³/mol. The molecule has 2 amide bonds. The lowest BCUT2D eigenvalue weighted by atomic mass is 10.1. The number of rotatable bonds is 0. The van der Waals surface area contributed by atoms with Gasteiger partial charge in [-0.15, -0.1) is 0 Å². The molecule has 2 aliphatic rings. The zero-order chi connectivity index (χ0) is 12.7. The van der Waals surface area contributed by atoms with Gasteiger partial charge in [-0.25, -0.2) is 0 Å². The van der Waals surface area contributed by atoms with Gasteiger partial charge in [0, 0.05) is 40.0 Å². The fraction of sp³-hybridized carbons (Fsp3) is 0.846. The summed E-state index contributed by atoms with van der Waals surface area (Å²) in [6, 6.07) is 0. The third kappa shape index (κ3) is 5.20. The van der Waals surface area contributed by atoms with Gasteiger partial charge in [-0.05, 0) is 32.1 Å². The number of hydrogen-bond acceptors (Lipinski definition) is 2. The van der Waals surface area contributed by atoms with E-state index in [0.717, 1.165) is 26.2 Å². The largest absolute Gasteiger partial charge is 0.343 e. The molecule has 0 saturated carbocycles. The van der Waals surface area contributed by atoms with Crippen LogP contribution in [0.4, 0.5) is 0 Å². The van der Waals surface area contributed by atoms with Crippen LogP contribution in [0.5, 0.6) is 0 Å². The molecule has 0 radical (unpaired) electrons. The van der Waals surface area contributed by atoms with Crippen molar-refractivity contribution in [3.63, 3.8) is 0 Å². The first-order chi connectivity index (χ1) is 8.11. The Bertz CT molecular complexity index is 254. The van der Waals surface area contributed by atoms with E-state index in [1.54, 1.807) is 13.8 Å². The van der Waals surface area contributed by atoms with Crippen molar-refractivity contribution in [1.82, 2.24) is 9.80 Å². The lowest BCUT2D eigenvalue weighted by Crippen LogP contribution is -2.33. The highest BCUT2D eigenvalue weighted by Crippen LogP contribution is 2.07. The van der Waals surface area contributed by atoms with Crippen LogP contribution in [-0.4, -0.2) is 47.8 Å². The Morgan fingerprint density at radius 2 is 0.941 bits per heavy atom. The highest BCUT2D eigenvalue weighted by Gasteiger charge is 2.12. The number of amides is 2. The minimum absolute atomic E-state index is 0.225. The summed E-state index contributed by atoms with van der Waals surface area (Å²) in [6.45, 7) is 7.20.